The van der Waals surface area contributed by atoms with Crippen molar-refractivity contribution in [2.75, 3.05) is 32.9 Å². The summed E-state index contributed by atoms with van der Waals surface area (Å²) in [6, 6.07) is 17.7. The Morgan fingerprint density at radius 2 is 1.77 bits per heavy atom. The van der Waals surface area contributed by atoms with Gasteiger partial charge in [0.2, 0.25) is 0 Å². The standard InChI is InChI=1S/C25H33NO2.C2H6/c1-2-27-20-25(12-10-21-6-4-3-5-7-21)13-15-26(16-14-25)19-22-8-9-23-11-17-28-24(23)18-22;1-2/h3-9,18H,2,10-17,19-20H2,1H3;1-2H3. The predicted molar refractivity (Wildman–Crippen MR) is 125 cm³/mol. The molecule has 2 aromatic rings. The smallest absolute Gasteiger partial charge is 0.122 e. The van der Waals surface area contributed by atoms with Crippen LogP contribution in [0.4, 0.5) is 0 Å². The zero-order valence-corrected chi connectivity index (χ0v) is 19.2. The van der Waals surface area contributed by atoms with E-state index < -0.39 is 0 Å². The Labute approximate surface area is 183 Å². The number of fused-ring (bicyclic) bond motifs is 1. The Morgan fingerprint density at radius 3 is 2.50 bits per heavy atom. The van der Waals surface area contributed by atoms with Gasteiger partial charge in [-0.2, -0.15) is 0 Å². The first-order valence-electron chi connectivity index (χ1n) is 11.8. The second-order valence-electron chi connectivity index (χ2n) is 8.44. The molecule has 4 rings (SSSR count). The van der Waals surface area contributed by atoms with E-state index in [4.69, 9.17) is 9.47 Å². The van der Waals surface area contributed by atoms with Gasteiger partial charge in [0.1, 0.15) is 5.75 Å². The van der Waals surface area contributed by atoms with E-state index in [0.717, 1.165) is 58.0 Å². The van der Waals surface area contributed by atoms with E-state index in [0.29, 0.717) is 5.41 Å². The van der Waals surface area contributed by atoms with Gasteiger partial charge < -0.3 is 9.47 Å². The second kappa shape index (κ2) is 11.5. The molecule has 0 aliphatic carbocycles. The quantitative estimate of drug-likeness (QED) is 0.542. The molecular weight excluding hydrogens is 370 g/mol. The van der Waals surface area contributed by atoms with Gasteiger partial charge >= 0.3 is 0 Å². The van der Waals surface area contributed by atoms with Crippen LogP contribution in [0.25, 0.3) is 0 Å². The normalized spacial score (nSPS) is 17.6. The van der Waals surface area contributed by atoms with Crippen LogP contribution >= 0.6 is 0 Å². The topological polar surface area (TPSA) is 21.7 Å². The number of hydrogen-bond acceptors (Lipinski definition) is 3. The van der Waals surface area contributed by atoms with Crippen LogP contribution in [-0.4, -0.2) is 37.8 Å². The second-order valence-corrected chi connectivity index (χ2v) is 8.44. The molecule has 1 fully saturated rings. The molecule has 0 radical (unpaired) electrons. The van der Waals surface area contributed by atoms with Gasteiger partial charge in [-0.1, -0.05) is 56.3 Å². The molecule has 0 N–H and O–H groups in total. The molecule has 164 valence electrons. The highest BCUT2D eigenvalue weighted by Crippen LogP contribution is 2.37. The van der Waals surface area contributed by atoms with Crippen molar-refractivity contribution < 1.29 is 9.47 Å². The van der Waals surface area contributed by atoms with E-state index >= 15 is 0 Å². The van der Waals surface area contributed by atoms with Crippen molar-refractivity contribution in [2.45, 2.75) is 59.4 Å². The number of rotatable bonds is 8. The number of piperidine rings is 1. The number of aryl methyl sites for hydroxylation is 1. The lowest BCUT2D eigenvalue weighted by Crippen LogP contribution is -2.42. The third-order valence-corrected chi connectivity index (χ3v) is 6.48. The summed E-state index contributed by atoms with van der Waals surface area (Å²) >= 11 is 0. The van der Waals surface area contributed by atoms with Gasteiger partial charge in [0.15, 0.2) is 0 Å². The van der Waals surface area contributed by atoms with Gasteiger partial charge in [-0.3, -0.25) is 4.90 Å². The van der Waals surface area contributed by atoms with Gasteiger partial charge in [-0.05, 0) is 73.9 Å². The van der Waals surface area contributed by atoms with E-state index in [1.54, 1.807) is 0 Å². The molecule has 0 spiro atoms. The molecule has 3 nitrogen and oxygen atoms in total. The molecule has 2 aromatic carbocycles. The largest absolute Gasteiger partial charge is 0.493 e. The third-order valence-electron chi connectivity index (χ3n) is 6.48. The highest BCUT2D eigenvalue weighted by Gasteiger charge is 2.34. The van der Waals surface area contributed by atoms with Crippen LogP contribution in [0.5, 0.6) is 5.75 Å². The molecule has 30 heavy (non-hydrogen) atoms. The van der Waals surface area contributed by atoms with Crippen LogP contribution in [0, 0.1) is 5.41 Å². The minimum Gasteiger partial charge on any atom is -0.493 e. The average Bonchev–Trinajstić information content (AvgIpc) is 3.28. The van der Waals surface area contributed by atoms with E-state index in [-0.39, 0.29) is 0 Å². The molecule has 0 saturated carbocycles. The lowest BCUT2D eigenvalue weighted by Gasteiger charge is -2.42. The van der Waals surface area contributed by atoms with E-state index in [1.165, 1.54) is 36.0 Å². The van der Waals surface area contributed by atoms with Crippen molar-refractivity contribution in [1.82, 2.24) is 4.90 Å². The summed E-state index contributed by atoms with van der Waals surface area (Å²) in [6.45, 7) is 12.0. The van der Waals surface area contributed by atoms with Crippen LogP contribution in [0.2, 0.25) is 0 Å². The van der Waals surface area contributed by atoms with Crippen molar-refractivity contribution in [2.24, 2.45) is 5.41 Å². The van der Waals surface area contributed by atoms with Crippen LogP contribution in [-0.2, 0) is 24.1 Å². The van der Waals surface area contributed by atoms with E-state index in [1.807, 2.05) is 13.8 Å². The Hall–Kier alpha value is -1.84. The molecule has 0 atom stereocenters. The first-order chi connectivity index (χ1) is 14.8. The fraction of sp³-hybridized carbons (Fsp3) is 0.556. The van der Waals surface area contributed by atoms with E-state index in [2.05, 4.69) is 60.4 Å². The Morgan fingerprint density at radius 1 is 1.00 bits per heavy atom. The fourth-order valence-electron chi connectivity index (χ4n) is 4.59. The number of likely N-dealkylation sites (tertiary alicyclic amines) is 1. The Bertz CT molecular complexity index is 751. The first kappa shape index (κ1) is 22.8. The zero-order valence-electron chi connectivity index (χ0n) is 19.2. The van der Waals surface area contributed by atoms with Crippen LogP contribution < -0.4 is 4.74 Å². The van der Waals surface area contributed by atoms with Gasteiger partial charge in [-0.25, -0.2) is 0 Å². The molecule has 2 aliphatic rings. The van der Waals surface area contributed by atoms with Gasteiger partial charge in [0, 0.05) is 19.6 Å². The third kappa shape index (κ3) is 6.09. The highest BCUT2D eigenvalue weighted by molar-refractivity contribution is 5.40. The minimum absolute atomic E-state index is 0.323. The summed E-state index contributed by atoms with van der Waals surface area (Å²) < 4.78 is 11.7. The highest BCUT2D eigenvalue weighted by atomic mass is 16.5. The van der Waals surface area contributed by atoms with Gasteiger partial charge in [0.05, 0.1) is 13.2 Å². The summed E-state index contributed by atoms with van der Waals surface area (Å²) in [5, 5.41) is 0. The molecule has 0 bridgehead atoms. The van der Waals surface area contributed by atoms with E-state index in [9.17, 15) is 0 Å². The van der Waals surface area contributed by atoms with Crippen molar-refractivity contribution in [3.63, 3.8) is 0 Å². The molecule has 2 heterocycles. The molecule has 0 amide bonds. The average molecular weight is 410 g/mol. The Kier molecular flexibility index (Phi) is 8.77. The molecular formula is C27H39NO2. The number of nitrogens with zero attached hydrogens (tertiary/aromatic N) is 1. The predicted octanol–water partition coefficient (Wildman–Crippen LogP) is 5.90. The summed E-state index contributed by atoms with van der Waals surface area (Å²) in [5.74, 6) is 1.10. The molecule has 0 unspecified atom stereocenters. The summed E-state index contributed by atoms with van der Waals surface area (Å²) in [7, 11) is 0. The van der Waals surface area contributed by atoms with Crippen molar-refractivity contribution >= 4 is 0 Å². The van der Waals surface area contributed by atoms with Gasteiger partial charge in [-0.15, -0.1) is 0 Å². The number of benzene rings is 2. The summed E-state index contributed by atoms with van der Waals surface area (Å²) in [6.07, 6.45) is 5.87. The zero-order chi connectivity index (χ0) is 21.2. The van der Waals surface area contributed by atoms with Crippen LogP contribution in [0.1, 0.15) is 56.7 Å². The maximum atomic E-state index is 5.93. The molecule has 0 aromatic heterocycles. The fourth-order valence-corrected chi connectivity index (χ4v) is 4.59. The van der Waals surface area contributed by atoms with Gasteiger partial charge in [0.25, 0.3) is 0 Å². The van der Waals surface area contributed by atoms with Crippen LogP contribution in [0.15, 0.2) is 48.5 Å². The monoisotopic (exact) mass is 409 g/mol. The Balaban J connectivity index is 0.00000124. The summed E-state index contributed by atoms with van der Waals surface area (Å²) in [5.41, 5.74) is 4.50. The SMILES string of the molecule is CC.CCOCC1(CCc2ccccc2)CCN(Cc2ccc3c(c2)OCC3)CC1. The molecule has 1 saturated heterocycles. The molecule has 3 heteroatoms. The maximum absolute atomic E-state index is 5.93. The number of hydrogen-bond donors (Lipinski definition) is 0. The molecule has 2 aliphatic heterocycles. The van der Waals surface area contributed by atoms with Crippen molar-refractivity contribution in [3.8, 4) is 5.75 Å². The lowest BCUT2D eigenvalue weighted by molar-refractivity contribution is -0.00232. The van der Waals surface area contributed by atoms with Crippen molar-refractivity contribution in [3.05, 3.63) is 65.2 Å². The lowest BCUT2D eigenvalue weighted by atomic mass is 9.74. The maximum Gasteiger partial charge on any atom is 0.122 e. The minimum atomic E-state index is 0.323. The number of ether oxygens (including phenoxy) is 2. The first-order valence-corrected chi connectivity index (χ1v) is 11.8. The summed E-state index contributed by atoms with van der Waals surface area (Å²) in [4.78, 5) is 2.60. The van der Waals surface area contributed by atoms with Crippen molar-refractivity contribution in [1.29, 1.82) is 0 Å². The van der Waals surface area contributed by atoms with Crippen LogP contribution in [0.3, 0.4) is 0 Å².